The zero-order chi connectivity index (χ0) is 30.7. The van der Waals surface area contributed by atoms with Gasteiger partial charge in [-0.05, 0) is 42.2 Å². The van der Waals surface area contributed by atoms with E-state index in [9.17, 15) is 9.90 Å². The van der Waals surface area contributed by atoms with Crippen molar-refractivity contribution in [3.63, 3.8) is 0 Å². The maximum atomic E-state index is 13.5. The molecule has 0 unspecified atom stereocenters. The number of phenolic OH excluding ortho intramolecular Hbond substituents is 1. The van der Waals surface area contributed by atoms with E-state index in [0.29, 0.717) is 42.6 Å². The molecule has 5 rings (SSSR count). The van der Waals surface area contributed by atoms with E-state index in [0.717, 1.165) is 42.1 Å². The normalized spacial score (nSPS) is 11.0. The van der Waals surface area contributed by atoms with Gasteiger partial charge in [-0.3, -0.25) is 4.79 Å². The highest BCUT2D eigenvalue weighted by Crippen LogP contribution is 2.39. The highest BCUT2D eigenvalue weighted by molar-refractivity contribution is 9.09. The molecule has 0 saturated carbocycles. The minimum Gasteiger partial charge on any atom is -0.507 e. The van der Waals surface area contributed by atoms with Crippen molar-refractivity contribution in [3.8, 4) is 40.1 Å². The van der Waals surface area contributed by atoms with Crippen LogP contribution in [0.5, 0.6) is 28.7 Å². The molecule has 0 atom stereocenters. The fourth-order valence-electron chi connectivity index (χ4n) is 4.81. The summed E-state index contributed by atoms with van der Waals surface area (Å²) >= 11 is 3.45. The van der Waals surface area contributed by atoms with Gasteiger partial charge in [0.05, 0.1) is 13.7 Å². The molecule has 0 aliphatic heterocycles. The van der Waals surface area contributed by atoms with Crippen LogP contribution in [-0.2, 0) is 13.2 Å². The summed E-state index contributed by atoms with van der Waals surface area (Å²) in [6.07, 6.45) is 4.16. The van der Waals surface area contributed by atoms with Crippen LogP contribution in [0.3, 0.4) is 0 Å². The number of methoxy groups -OCH3 is 1. The van der Waals surface area contributed by atoms with Crippen molar-refractivity contribution in [1.82, 2.24) is 0 Å². The molecule has 8 heteroatoms. The number of ether oxygens (including phenoxy) is 4. The Kier molecular flexibility index (Phi) is 10.8. The third-order valence-electron chi connectivity index (χ3n) is 7.09. The van der Waals surface area contributed by atoms with Gasteiger partial charge in [-0.2, -0.15) is 0 Å². The molecule has 44 heavy (non-hydrogen) atoms. The number of alkyl halides is 1. The number of unbranched alkanes of at least 4 members (excludes halogenated alkanes) is 3. The number of hydrogen-bond donors (Lipinski definition) is 1. The smallest absolute Gasteiger partial charge is 0.239 e. The van der Waals surface area contributed by atoms with Gasteiger partial charge in [0.15, 0.2) is 17.3 Å². The van der Waals surface area contributed by atoms with Crippen LogP contribution in [0.1, 0.15) is 36.8 Å². The summed E-state index contributed by atoms with van der Waals surface area (Å²) in [7, 11) is 1.40. The fraction of sp³-hybridized carbons (Fsp3) is 0.250. The number of phenols is 1. The second kappa shape index (κ2) is 15.3. The maximum Gasteiger partial charge on any atom is 0.239 e. The van der Waals surface area contributed by atoms with Gasteiger partial charge in [-0.25, -0.2) is 0 Å². The second-order valence-corrected chi connectivity index (χ2v) is 11.1. The first-order valence-corrected chi connectivity index (χ1v) is 15.7. The van der Waals surface area contributed by atoms with Crippen LogP contribution in [0.2, 0.25) is 0 Å². The lowest BCUT2D eigenvalue weighted by Gasteiger charge is -2.16. The molecule has 1 heterocycles. The lowest BCUT2D eigenvalue weighted by Crippen LogP contribution is -2.08. The standard InChI is InChI=1S/C36H35BrO7/c1-40-36-34(39)33-29(38)21-28(41-19-11-3-2-10-18-37)22-32(33)44-35(36)27-16-17-30(42-23-25-12-6-4-7-13-25)31(20-27)43-24-26-14-8-5-9-15-26/h4-9,12-17,20-22,38H,2-3,10-11,18-19,23-24H2,1H3. The van der Waals surface area contributed by atoms with E-state index in [1.807, 2.05) is 60.7 Å². The Labute approximate surface area is 265 Å². The molecular weight excluding hydrogens is 624 g/mol. The monoisotopic (exact) mass is 658 g/mol. The minimum atomic E-state index is -0.487. The van der Waals surface area contributed by atoms with E-state index in [1.54, 1.807) is 24.3 Å². The molecule has 0 spiro atoms. The van der Waals surface area contributed by atoms with E-state index < -0.39 is 5.43 Å². The van der Waals surface area contributed by atoms with E-state index in [2.05, 4.69) is 15.9 Å². The Balaban J connectivity index is 1.48. The zero-order valence-corrected chi connectivity index (χ0v) is 26.2. The van der Waals surface area contributed by atoms with Crippen molar-refractivity contribution in [2.75, 3.05) is 19.0 Å². The van der Waals surface area contributed by atoms with Crippen LogP contribution >= 0.6 is 15.9 Å². The molecule has 0 radical (unpaired) electrons. The van der Waals surface area contributed by atoms with Gasteiger partial charge >= 0.3 is 0 Å². The molecule has 0 fully saturated rings. The van der Waals surface area contributed by atoms with E-state index in [1.165, 1.54) is 13.2 Å². The van der Waals surface area contributed by atoms with Gasteiger partial charge in [0.2, 0.25) is 11.2 Å². The lowest BCUT2D eigenvalue weighted by molar-refractivity contribution is 0.256. The molecule has 5 aromatic rings. The third kappa shape index (κ3) is 7.74. The molecule has 0 amide bonds. The average Bonchev–Trinajstić information content (AvgIpc) is 3.05. The summed E-state index contributed by atoms with van der Waals surface area (Å²) in [4.78, 5) is 13.5. The average molecular weight is 660 g/mol. The fourth-order valence-corrected chi connectivity index (χ4v) is 5.21. The highest BCUT2D eigenvalue weighted by atomic mass is 79.9. The number of fused-ring (bicyclic) bond motifs is 1. The largest absolute Gasteiger partial charge is 0.507 e. The number of hydrogen-bond acceptors (Lipinski definition) is 7. The summed E-state index contributed by atoms with van der Waals surface area (Å²) in [6, 6.07) is 28.1. The summed E-state index contributed by atoms with van der Waals surface area (Å²) in [5, 5.41) is 11.8. The molecular formula is C36H35BrO7. The maximum absolute atomic E-state index is 13.5. The van der Waals surface area contributed by atoms with E-state index >= 15 is 0 Å². The summed E-state index contributed by atoms with van der Waals surface area (Å²) in [6.45, 7) is 1.16. The van der Waals surface area contributed by atoms with Gasteiger partial charge in [0.25, 0.3) is 0 Å². The molecule has 4 aromatic carbocycles. The SMILES string of the molecule is COc1c(-c2ccc(OCc3ccccc3)c(OCc3ccccc3)c2)oc2cc(OCCCCCCBr)cc(O)c2c1=O. The first kappa shape index (κ1) is 31.0. The predicted octanol–water partition coefficient (Wildman–Crippen LogP) is 8.67. The van der Waals surface area contributed by atoms with Gasteiger partial charge in [0, 0.05) is 23.0 Å². The van der Waals surface area contributed by atoms with Crippen molar-refractivity contribution in [3.05, 3.63) is 112 Å². The zero-order valence-electron chi connectivity index (χ0n) is 24.6. The second-order valence-electron chi connectivity index (χ2n) is 10.3. The number of aromatic hydroxyl groups is 1. The van der Waals surface area contributed by atoms with Crippen LogP contribution in [0.25, 0.3) is 22.3 Å². The van der Waals surface area contributed by atoms with Crippen LogP contribution < -0.4 is 24.4 Å². The first-order valence-electron chi connectivity index (χ1n) is 14.6. The van der Waals surface area contributed by atoms with Crippen LogP contribution in [0.4, 0.5) is 0 Å². The van der Waals surface area contributed by atoms with Crippen LogP contribution in [0, 0.1) is 0 Å². The molecule has 0 saturated heterocycles. The first-order chi connectivity index (χ1) is 21.6. The summed E-state index contributed by atoms with van der Waals surface area (Å²) < 4.78 is 30.0. The van der Waals surface area contributed by atoms with Gasteiger partial charge in [-0.1, -0.05) is 89.4 Å². The number of halogens is 1. The third-order valence-corrected chi connectivity index (χ3v) is 7.65. The molecule has 228 valence electrons. The van der Waals surface area contributed by atoms with Gasteiger partial charge < -0.3 is 28.5 Å². The minimum absolute atomic E-state index is 0.0265. The van der Waals surface area contributed by atoms with Crippen LogP contribution in [-0.4, -0.2) is 24.2 Å². The Morgan fingerprint density at radius 2 is 1.41 bits per heavy atom. The molecule has 0 bridgehead atoms. The Bertz CT molecular complexity index is 1720. The Hall–Kier alpha value is -4.43. The van der Waals surface area contributed by atoms with Crippen molar-refractivity contribution in [2.24, 2.45) is 0 Å². The Morgan fingerprint density at radius 1 is 0.750 bits per heavy atom. The lowest BCUT2D eigenvalue weighted by atomic mass is 10.1. The number of rotatable bonds is 15. The molecule has 1 N–H and O–H groups in total. The van der Waals surface area contributed by atoms with Crippen molar-refractivity contribution in [2.45, 2.75) is 38.9 Å². The van der Waals surface area contributed by atoms with Crippen LogP contribution in [0.15, 0.2) is 100 Å². The predicted molar refractivity (Wildman–Crippen MR) is 175 cm³/mol. The molecule has 0 aliphatic rings. The topological polar surface area (TPSA) is 87.4 Å². The van der Waals surface area contributed by atoms with Crippen molar-refractivity contribution in [1.29, 1.82) is 0 Å². The van der Waals surface area contributed by atoms with Crippen molar-refractivity contribution < 1.29 is 28.5 Å². The van der Waals surface area contributed by atoms with Crippen molar-refractivity contribution >= 4 is 26.9 Å². The van der Waals surface area contributed by atoms with Gasteiger partial charge in [0.1, 0.15) is 35.7 Å². The summed E-state index contributed by atoms with van der Waals surface area (Å²) in [5.41, 5.74) is 2.26. The summed E-state index contributed by atoms with van der Waals surface area (Å²) in [5.74, 6) is 1.39. The molecule has 0 aliphatic carbocycles. The quantitative estimate of drug-likeness (QED) is 0.0889. The van der Waals surface area contributed by atoms with E-state index in [-0.39, 0.29) is 28.2 Å². The molecule has 1 aromatic heterocycles. The van der Waals surface area contributed by atoms with E-state index in [4.69, 9.17) is 23.4 Å². The highest BCUT2D eigenvalue weighted by Gasteiger charge is 2.22. The number of benzene rings is 4. The van der Waals surface area contributed by atoms with Gasteiger partial charge in [-0.15, -0.1) is 0 Å². The Morgan fingerprint density at radius 3 is 2.07 bits per heavy atom. The molecule has 7 nitrogen and oxygen atoms in total.